The lowest BCUT2D eigenvalue weighted by molar-refractivity contribution is -0.154. The summed E-state index contributed by atoms with van der Waals surface area (Å²) in [6, 6.07) is 10.4. The number of hydrogen-bond donors (Lipinski definition) is 7. The zero-order chi connectivity index (χ0) is 37.6. The number of hydrogen-bond acceptors (Lipinski definition) is 17. The van der Waals surface area contributed by atoms with E-state index in [4.69, 9.17) is 23.5 Å². The highest BCUT2D eigenvalue weighted by atomic mass is 31.3. The molecule has 3 aromatic rings. The minimum atomic E-state index is -5.98. The van der Waals surface area contributed by atoms with Crippen LogP contribution in [0.2, 0.25) is 0 Å². The van der Waals surface area contributed by atoms with Gasteiger partial charge in [-0.15, -0.1) is 0 Å². The molecule has 2 aromatic heterocycles. The van der Waals surface area contributed by atoms with Gasteiger partial charge in [0.05, 0.1) is 13.2 Å². The summed E-state index contributed by atoms with van der Waals surface area (Å²) in [6.07, 6.45) is -10.6. The first-order valence-corrected chi connectivity index (χ1v) is 19.3. The van der Waals surface area contributed by atoms with Crippen LogP contribution in [0.5, 0.6) is 0 Å². The Hall–Kier alpha value is -3.25. The molecule has 52 heavy (non-hydrogen) atoms. The van der Waals surface area contributed by atoms with E-state index in [1.54, 1.807) is 30.3 Å². The van der Waals surface area contributed by atoms with Gasteiger partial charge >= 0.3 is 34.8 Å². The molecule has 5 heterocycles. The molecule has 284 valence electrons. The lowest BCUT2D eigenvalue weighted by Gasteiger charge is -2.23. The smallest absolute Gasteiger partial charge is 0.387 e. The number of aromatic nitrogens is 4. The van der Waals surface area contributed by atoms with Crippen molar-refractivity contribution in [3.05, 3.63) is 102 Å². The lowest BCUT2D eigenvalue weighted by atomic mass is 10.1. The first-order chi connectivity index (χ1) is 24.4. The Kier molecular flexibility index (Phi) is 11.0. The largest absolute Gasteiger partial charge is 0.490 e. The summed E-state index contributed by atoms with van der Waals surface area (Å²) in [6.45, 7) is -2.03. The second-order valence-corrected chi connectivity index (χ2v) is 15.9. The van der Waals surface area contributed by atoms with Crippen molar-refractivity contribution in [3.8, 4) is 0 Å². The normalized spacial score (nSPS) is 32.1. The van der Waals surface area contributed by atoms with E-state index in [9.17, 15) is 57.8 Å². The van der Waals surface area contributed by atoms with Crippen molar-refractivity contribution in [1.29, 1.82) is 0 Å². The number of rotatable bonds is 13. The molecule has 3 fully saturated rings. The van der Waals surface area contributed by atoms with E-state index >= 15 is 0 Å². The summed E-state index contributed by atoms with van der Waals surface area (Å²) >= 11 is 0. The predicted octanol–water partition coefficient (Wildman–Crippen LogP) is -1.55. The van der Waals surface area contributed by atoms with Crippen molar-refractivity contribution >= 4 is 23.5 Å². The standard InChI is InChI=1S/C25H29N4O20P3/c30-15-6-8-28(24(34)26-15)21-18(33)17(32)13(44-21)10-42-50(36,37)48-52(40,41)49-51(38,39)43-11-14-19-20(47-23(46-19)12-4-2-1-3-5-12)22(45-14)29-9-7-16(31)27-25(29)35/h1-9,13-14,17-23,32-33H,10-11H2,(H,36,37)(H,38,39)(H,40,41)(H,26,30,34)(H,27,31,35)/t13-,14-,17-,18-,19-,20-,21-,22-,23?/m1/s1. The van der Waals surface area contributed by atoms with Crippen molar-refractivity contribution in [2.45, 2.75) is 55.4 Å². The zero-order valence-electron chi connectivity index (χ0n) is 25.9. The van der Waals surface area contributed by atoms with Gasteiger partial charge in [-0.1, -0.05) is 30.3 Å². The molecule has 0 saturated carbocycles. The van der Waals surface area contributed by atoms with E-state index in [1.807, 2.05) is 4.98 Å². The second-order valence-electron chi connectivity index (χ2n) is 11.3. The van der Waals surface area contributed by atoms with Crippen LogP contribution in [-0.2, 0) is 50.3 Å². The third-order valence-corrected chi connectivity index (χ3v) is 12.0. The molecule has 3 saturated heterocycles. The average Bonchev–Trinajstić information content (AvgIpc) is 3.71. The summed E-state index contributed by atoms with van der Waals surface area (Å²) in [5, 5.41) is 20.6. The second kappa shape index (κ2) is 14.9. The Labute approximate surface area is 288 Å². The zero-order valence-corrected chi connectivity index (χ0v) is 28.6. The molecular formula is C25H29N4O20P3. The number of aromatic amines is 2. The molecule has 7 N–H and O–H groups in total. The van der Waals surface area contributed by atoms with E-state index in [-0.39, 0.29) is 0 Å². The predicted molar refractivity (Wildman–Crippen MR) is 165 cm³/mol. The van der Waals surface area contributed by atoms with Gasteiger partial charge in [0.1, 0.15) is 36.6 Å². The quantitative estimate of drug-likeness (QED) is 0.0963. The summed E-state index contributed by atoms with van der Waals surface area (Å²) < 4.78 is 79.8. The summed E-state index contributed by atoms with van der Waals surface area (Å²) in [7, 11) is -17.3. The van der Waals surface area contributed by atoms with Crippen LogP contribution in [0.25, 0.3) is 0 Å². The molecule has 6 rings (SSSR count). The number of nitrogens with zero attached hydrogens (tertiary/aromatic N) is 2. The first-order valence-electron chi connectivity index (χ1n) is 14.8. The van der Waals surface area contributed by atoms with Crippen LogP contribution in [-0.4, -0.2) is 93.8 Å². The molecule has 27 heteroatoms. The van der Waals surface area contributed by atoms with E-state index in [0.717, 1.165) is 29.1 Å². The van der Waals surface area contributed by atoms with Crippen molar-refractivity contribution in [1.82, 2.24) is 19.1 Å². The van der Waals surface area contributed by atoms with Crippen LogP contribution >= 0.6 is 23.5 Å². The van der Waals surface area contributed by atoms with Crippen molar-refractivity contribution in [2.24, 2.45) is 0 Å². The van der Waals surface area contributed by atoms with Gasteiger partial charge in [0.15, 0.2) is 18.7 Å². The number of H-pyrrole nitrogens is 2. The van der Waals surface area contributed by atoms with Gasteiger partial charge in [-0.2, -0.15) is 8.62 Å². The maximum atomic E-state index is 12.7. The fraction of sp³-hybridized carbons (Fsp3) is 0.440. The summed E-state index contributed by atoms with van der Waals surface area (Å²) in [5.41, 5.74) is -2.83. The van der Waals surface area contributed by atoms with Crippen LogP contribution < -0.4 is 22.5 Å². The lowest BCUT2D eigenvalue weighted by Crippen LogP contribution is -2.37. The molecule has 0 radical (unpaired) electrons. The Morgan fingerprint density at radius 1 is 0.635 bits per heavy atom. The fourth-order valence-corrected chi connectivity index (χ4v) is 8.99. The van der Waals surface area contributed by atoms with Gasteiger partial charge in [-0.05, 0) is 0 Å². The SMILES string of the molecule is O=c1ccn([C@@H]2O[C@H](COP(=O)(O)OP(=O)(O)OP(=O)(O)OC[C@H]3O[C@@H](n4ccc(=O)[nH]c4=O)[C@@H]4OC(c5ccccc5)O[C@@H]43)[C@@H](O)[C@H]2O)c(=O)[nH]1. The van der Waals surface area contributed by atoms with Crippen LogP contribution in [0.1, 0.15) is 24.3 Å². The number of phosphoric acid groups is 3. The molecule has 0 aliphatic carbocycles. The first kappa shape index (κ1) is 38.5. The van der Waals surface area contributed by atoms with Gasteiger partial charge in [0.25, 0.3) is 11.1 Å². The van der Waals surface area contributed by atoms with Crippen molar-refractivity contribution in [2.75, 3.05) is 13.2 Å². The fourth-order valence-electron chi connectivity index (χ4n) is 5.47. The number of ether oxygens (including phenoxy) is 4. The molecule has 0 bridgehead atoms. The maximum Gasteiger partial charge on any atom is 0.490 e. The molecule has 0 amide bonds. The van der Waals surface area contributed by atoms with Gasteiger partial charge in [0, 0.05) is 30.1 Å². The number of nitrogens with one attached hydrogen (secondary N) is 2. The van der Waals surface area contributed by atoms with Crippen molar-refractivity contribution in [3.63, 3.8) is 0 Å². The van der Waals surface area contributed by atoms with Crippen LogP contribution in [0.4, 0.5) is 0 Å². The topological polar surface area (TPSA) is 336 Å². The molecule has 24 nitrogen and oxygen atoms in total. The highest BCUT2D eigenvalue weighted by Gasteiger charge is 2.55. The summed E-state index contributed by atoms with van der Waals surface area (Å²) in [4.78, 5) is 81.7. The Balaban J connectivity index is 1.07. The number of fused-ring (bicyclic) bond motifs is 1. The Morgan fingerprint density at radius 2 is 1.13 bits per heavy atom. The highest BCUT2D eigenvalue weighted by molar-refractivity contribution is 7.66. The molecule has 1 aromatic carbocycles. The monoisotopic (exact) mass is 798 g/mol. The van der Waals surface area contributed by atoms with Gasteiger partial charge in [0.2, 0.25) is 0 Å². The molecule has 12 atom stereocenters. The van der Waals surface area contributed by atoms with Crippen molar-refractivity contribution < 1.29 is 75.2 Å². The van der Waals surface area contributed by atoms with Gasteiger partial charge < -0.3 is 43.8 Å². The van der Waals surface area contributed by atoms with E-state index < -0.39 is 115 Å². The average molecular weight is 798 g/mol. The molecule has 3 aliphatic rings. The molecule has 4 unspecified atom stereocenters. The van der Waals surface area contributed by atoms with E-state index in [0.29, 0.717) is 10.1 Å². The summed E-state index contributed by atoms with van der Waals surface area (Å²) in [5.74, 6) is 0. The number of aliphatic hydroxyl groups excluding tert-OH is 2. The van der Waals surface area contributed by atoms with E-state index in [2.05, 4.69) is 18.1 Å². The number of phosphoric ester groups is 2. The highest BCUT2D eigenvalue weighted by Crippen LogP contribution is 2.68. The third kappa shape index (κ3) is 8.59. The minimum Gasteiger partial charge on any atom is -0.387 e. The molecular weight excluding hydrogens is 769 g/mol. The van der Waals surface area contributed by atoms with Crippen LogP contribution in [0.15, 0.2) is 74.0 Å². The van der Waals surface area contributed by atoms with Crippen LogP contribution in [0.3, 0.4) is 0 Å². The van der Waals surface area contributed by atoms with Crippen LogP contribution in [0, 0.1) is 0 Å². The molecule has 0 spiro atoms. The third-order valence-electron chi connectivity index (χ3n) is 7.72. The molecule has 3 aliphatic heterocycles. The Morgan fingerprint density at radius 3 is 1.69 bits per heavy atom. The minimum absolute atomic E-state index is 0.559. The number of aliphatic hydroxyl groups is 2. The van der Waals surface area contributed by atoms with Gasteiger partial charge in [-0.3, -0.25) is 37.7 Å². The Bertz CT molecular complexity index is 2160. The number of benzene rings is 1. The van der Waals surface area contributed by atoms with Gasteiger partial charge in [-0.25, -0.2) is 23.3 Å². The maximum absolute atomic E-state index is 12.7. The van der Waals surface area contributed by atoms with E-state index in [1.165, 1.54) is 0 Å².